The average Bonchev–Trinajstić information content (AvgIpc) is 2.92. The summed E-state index contributed by atoms with van der Waals surface area (Å²) in [4.78, 5) is 12.7. The number of rotatable bonds is 9. The van der Waals surface area contributed by atoms with E-state index in [4.69, 9.17) is 21.1 Å². The van der Waals surface area contributed by atoms with Gasteiger partial charge in [-0.05, 0) is 93.9 Å². The van der Waals surface area contributed by atoms with Crippen LogP contribution in [0.3, 0.4) is 0 Å². The van der Waals surface area contributed by atoms with Gasteiger partial charge in [-0.25, -0.2) is 0 Å². The zero-order valence-electron chi connectivity index (χ0n) is 19.7. The van der Waals surface area contributed by atoms with Crippen LogP contribution in [0.4, 0.5) is 5.69 Å². The molecule has 184 valence electrons. The second-order valence-corrected chi connectivity index (χ2v) is 9.63. The van der Waals surface area contributed by atoms with Gasteiger partial charge in [0.05, 0.1) is 3.57 Å². The van der Waals surface area contributed by atoms with E-state index in [2.05, 4.69) is 27.9 Å². The Kier molecular flexibility index (Phi) is 9.19. The fourth-order valence-electron chi connectivity index (χ4n) is 3.35. The Bertz CT molecular complexity index is 1430. The second-order valence-electron chi connectivity index (χ2n) is 8.03. The number of carbonyl (C=O) groups excluding carboxylic acids is 1. The average molecular weight is 621 g/mol. The molecule has 4 aromatic carbocycles. The molecule has 0 heterocycles. The first-order chi connectivity index (χ1) is 18.0. The third-order valence-electron chi connectivity index (χ3n) is 5.30. The standard InChI is InChI=1S/C30H22ClIN2O3/c31-25-9-6-22(7-10-25)20-37-29-15-8-23(17-28(29)32)16-24(18-33)30(35)34-26-11-13-27(14-12-26)36-19-21-4-2-1-3-5-21/h1-17H,19-20H2,(H,34,35)/b24-16+. The molecule has 4 rings (SSSR count). The topological polar surface area (TPSA) is 71.3 Å². The van der Waals surface area contributed by atoms with Crippen LogP contribution >= 0.6 is 34.2 Å². The first-order valence-corrected chi connectivity index (χ1v) is 12.8. The number of amides is 1. The third-order valence-corrected chi connectivity index (χ3v) is 6.40. The van der Waals surface area contributed by atoms with E-state index in [1.54, 1.807) is 30.3 Å². The minimum atomic E-state index is -0.487. The maximum atomic E-state index is 12.7. The summed E-state index contributed by atoms with van der Waals surface area (Å²) < 4.78 is 12.5. The molecular weight excluding hydrogens is 599 g/mol. The monoisotopic (exact) mass is 620 g/mol. The van der Waals surface area contributed by atoms with Gasteiger partial charge in [-0.2, -0.15) is 5.26 Å². The molecule has 7 heteroatoms. The number of halogens is 2. The highest BCUT2D eigenvalue weighted by molar-refractivity contribution is 14.1. The summed E-state index contributed by atoms with van der Waals surface area (Å²) in [5.74, 6) is 0.912. The van der Waals surface area contributed by atoms with Crippen LogP contribution in [-0.4, -0.2) is 5.91 Å². The summed E-state index contributed by atoms with van der Waals surface area (Å²) >= 11 is 8.10. The molecule has 0 aliphatic heterocycles. The minimum Gasteiger partial charge on any atom is -0.489 e. The molecule has 0 saturated carbocycles. The number of nitrogens with zero attached hydrogens (tertiary/aromatic N) is 1. The lowest BCUT2D eigenvalue weighted by atomic mass is 10.1. The molecule has 0 aromatic heterocycles. The van der Waals surface area contributed by atoms with E-state index in [-0.39, 0.29) is 5.57 Å². The van der Waals surface area contributed by atoms with Crippen molar-refractivity contribution < 1.29 is 14.3 Å². The van der Waals surface area contributed by atoms with Crippen molar-refractivity contribution in [1.29, 1.82) is 5.26 Å². The summed E-state index contributed by atoms with van der Waals surface area (Å²) in [7, 11) is 0. The van der Waals surface area contributed by atoms with Crippen LogP contribution in [-0.2, 0) is 18.0 Å². The van der Waals surface area contributed by atoms with Crippen molar-refractivity contribution in [1.82, 2.24) is 0 Å². The zero-order chi connectivity index (χ0) is 26.0. The van der Waals surface area contributed by atoms with Crippen molar-refractivity contribution in [3.8, 4) is 17.6 Å². The summed E-state index contributed by atoms with van der Waals surface area (Å²) in [6.45, 7) is 0.863. The highest BCUT2D eigenvalue weighted by Crippen LogP contribution is 2.25. The van der Waals surface area contributed by atoms with Crippen LogP contribution in [0.15, 0.2) is 103 Å². The highest BCUT2D eigenvalue weighted by atomic mass is 127. The molecule has 0 radical (unpaired) electrons. The van der Waals surface area contributed by atoms with Crippen molar-refractivity contribution >= 4 is 51.9 Å². The van der Waals surface area contributed by atoms with Gasteiger partial charge in [-0.15, -0.1) is 0 Å². The lowest BCUT2D eigenvalue weighted by Crippen LogP contribution is -2.13. The Morgan fingerprint density at radius 2 is 1.57 bits per heavy atom. The van der Waals surface area contributed by atoms with E-state index in [1.807, 2.05) is 78.9 Å². The van der Waals surface area contributed by atoms with Gasteiger partial charge in [0, 0.05) is 10.7 Å². The van der Waals surface area contributed by atoms with Gasteiger partial charge in [-0.1, -0.05) is 60.1 Å². The first-order valence-electron chi connectivity index (χ1n) is 11.4. The number of hydrogen-bond donors (Lipinski definition) is 1. The van der Waals surface area contributed by atoms with Crippen molar-refractivity contribution in [2.75, 3.05) is 5.32 Å². The van der Waals surface area contributed by atoms with Gasteiger partial charge < -0.3 is 14.8 Å². The molecule has 1 N–H and O–H groups in total. The van der Waals surface area contributed by atoms with Crippen LogP contribution in [0.1, 0.15) is 16.7 Å². The molecule has 0 saturated heterocycles. The number of hydrogen-bond acceptors (Lipinski definition) is 4. The first kappa shape index (κ1) is 26.3. The molecule has 0 atom stereocenters. The minimum absolute atomic E-state index is 0.00460. The third kappa shape index (κ3) is 7.84. The number of nitrogens with one attached hydrogen (secondary N) is 1. The lowest BCUT2D eigenvalue weighted by Gasteiger charge is -2.10. The highest BCUT2D eigenvalue weighted by Gasteiger charge is 2.11. The molecule has 0 aliphatic carbocycles. The number of nitriles is 1. The Morgan fingerprint density at radius 1 is 0.892 bits per heavy atom. The molecule has 0 fully saturated rings. The smallest absolute Gasteiger partial charge is 0.266 e. The maximum Gasteiger partial charge on any atom is 0.266 e. The lowest BCUT2D eigenvalue weighted by molar-refractivity contribution is -0.112. The van der Waals surface area contributed by atoms with E-state index in [1.165, 1.54) is 0 Å². The summed E-state index contributed by atoms with van der Waals surface area (Å²) in [5.41, 5.74) is 3.36. The summed E-state index contributed by atoms with van der Waals surface area (Å²) in [5, 5.41) is 13.0. The van der Waals surface area contributed by atoms with Gasteiger partial charge in [0.25, 0.3) is 5.91 Å². The van der Waals surface area contributed by atoms with E-state index in [0.717, 1.165) is 20.3 Å². The van der Waals surface area contributed by atoms with Gasteiger partial charge >= 0.3 is 0 Å². The predicted octanol–water partition coefficient (Wildman–Crippen LogP) is 7.65. The van der Waals surface area contributed by atoms with Gasteiger partial charge in [-0.3, -0.25) is 4.79 Å². The quantitative estimate of drug-likeness (QED) is 0.119. The summed E-state index contributed by atoms with van der Waals surface area (Å²) in [6.07, 6.45) is 1.55. The van der Waals surface area contributed by atoms with Crippen LogP contribution in [0.5, 0.6) is 11.5 Å². The number of ether oxygens (including phenoxy) is 2. The van der Waals surface area contributed by atoms with Crippen molar-refractivity contribution in [3.63, 3.8) is 0 Å². The number of benzene rings is 4. The molecule has 1 amide bonds. The fraction of sp³-hybridized carbons (Fsp3) is 0.0667. The normalized spacial score (nSPS) is 10.9. The van der Waals surface area contributed by atoms with Crippen LogP contribution in [0, 0.1) is 14.9 Å². The molecule has 4 aromatic rings. The zero-order valence-corrected chi connectivity index (χ0v) is 22.6. The fourth-order valence-corrected chi connectivity index (χ4v) is 4.18. The van der Waals surface area contributed by atoms with E-state index in [9.17, 15) is 10.1 Å². The number of anilines is 1. The SMILES string of the molecule is N#C/C(=C\c1ccc(OCc2ccc(Cl)cc2)c(I)c1)C(=O)Nc1ccc(OCc2ccccc2)cc1. The van der Waals surface area contributed by atoms with Crippen LogP contribution < -0.4 is 14.8 Å². The second kappa shape index (κ2) is 12.9. The molecule has 0 unspecified atom stereocenters. The van der Waals surface area contributed by atoms with Crippen LogP contribution in [0.25, 0.3) is 6.08 Å². The number of carbonyl (C=O) groups is 1. The Morgan fingerprint density at radius 3 is 2.24 bits per heavy atom. The van der Waals surface area contributed by atoms with E-state index in [0.29, 0.717) is 35.4 Å². The molecule has 0 aliphatic rings. The molecule has 0 spiro atoms. The molecule has 37 heavy (non-hydrogen) atoms. The Hall–Kier alpha value is -3.80. The van der Waals surface area contributed by atoms with Crippen molar-refractivity contribution in [2.45, 2.75) is 13.2 Å². The van der Waals surface area contributed by atoms with Crippen molar-refractivity contribution in [2.24, 2.45) is 0 Å². The Balaban J connectivity index is 1.35. The van der Waals surface area contributed by atoms with Crippen LogP contribution in [0.2, 0.25) is 5.02 Å². The van der Waals surface area contributed by atoms with Gasteiger partial charge in [0.1, 0.15) is 36.4 Å². The predicted molar refractivity (Wildman–Crippen MR) is 154 cm³/mol. The van der Waals surface area contributed by atoms with E-state index < -0.39 is 5.91 Å². The van der Waals surface area contributed by atoms with Crippen molar-refractivity contribution in [3.05, 3.63) is 128 Å². The van der Waals surface area contributed by atoms with E-state index >= 15 is 0 Å². The summed E-state index contributed by atoms with van der Waals surface area (Å²) in [6, 6.07) is 31.8. The van der Waals surface area contributed by atoms with Gasteiger partial charge in [0.15, 0.2) is 0 Å². The maximum absolute atomic E-state index is 12.7. The van der Waals surface area contributed by atoms with Gasteiger partial charge in [0.2, 0.25) is 0 Å². The largest absolute Gasteiger partial charge is 0.489 e. The molecular formula is C30H22ClIN2O3. The molecule has 5 nitrogen and oxygen atoms in total. The molecule has 0 bridgehead atoms. The Labute approximate surface area is 234 Å².